The van der Waals surface area contributed by atoms with E-state index >= 15 is 0 Å². The van der Waals surface area contributed by atoms with Crippen LogP contribution in [-0.4, -0.2) is 30.6 Å². The van der Waals surface area contributed by atoms with E-state index in [1.807, 2.05) is 6.92 Å². The first-order valence-electron chi connectivity index (χ1n) is 5.60. The third kappa shape index (κ3) is 3.71. The Balaban J connectivity index is 2.78. The lowest BCUT2D eigenvalue weighted by molar-refractivity contribution is 0.0893. The number of nitrogens with two attached hydrogens (primary N) is 1. The van der Waals surface area contributed by atoms with E-state index in [4.69, 9.17) is 10.5 Å². The molecule has 94 valence electrons. The Morgan fingerprint density at radius 3 is 2.94 bits per heavy atom. The van der Waals surface area contributed by atoms with Crippen LogP contribution in [0, 0.1) is 6.92 Å². The predicted octanol–water partition coefficient (Wildman–Crippen LogP) is 1.13. The summed E-state index contributed by atoms with van der Waals surface area (Å²) in [4.78, 5) is 16.1. The van der Waals surface area contributed by atoms with Gasteiger partial charge < -0.3 is 15.8 Å². The van der Waals surface area contributed by atoms with Crippen LogP contribution in [0.25, 0.3) is 0 Å². The Morgan fingerprint density at radius 1 is 1.65 bits per heavy atom. The first-order valence-corrected chi connectivity index (χ1v) is 5.60. The summed E-state index contributed by atoms with van der Waals surface area (Å²) in [5.41, 5.74) is 7.29. The van der Waals surface area contributed by atoms with Crippen molar-refractivity contribution in [2.45, 2.75) is 26.3 Å². The molecule has 0 saturated heterocycles. The Morgan fingerprint density at radius 2 is 2.35 bits per heavy atom. The van der Waals surface area contributed by atoms with Crippen molar-refractivity contribution >= 4 is 11.6 Å². The first-order chi connectivity index (χ1) is 8.08. The molecule has 3 N–H and O–H groups in total. The molecule has 0 spiro atoms. The zero-order valence-corrected chi connectivity index (χ0v) is 10.5. The Kier molecular flexibility index (Phi) is 4.90. The lowest BCUT2D eigenvalue weighted by Crippen LogP contribution is -2.37. The molecule has 0 aromatic carbocycles. The molecule has 0 saturated carbocycles. The van der Waals surface area contributed by atoms with E-state index in [1.165, 1.54) is 0 Å². The van der Waals surface area contributed by atoms with Crippen LogP contribution in [0.5, 0.6) is 0 Å². The number of methoxy groups -OCH3 is 1. The second-order valence-electron chi connectivity index (χ2n) is 3.94. The molecule has 0 aliphatic rings. The molecular formula is C12H19N3O2. The van der Waals surface area contributed by atoms with Crippen LogP contribution >= 0.6 is 0 Å². The van der Waals surface area contributed by atoms with Gasteiger partial charge in [-0.2, -0.15) is 0 Å². The fourth-order valence-electron chi connectivity index (χ4n) is 1.51. The summed E-state index contributed by atoms with van der Waals surface area (Å²) < 4.78 is 5.03. The molecule has 5 nitrogen and oxygen atoms in total. The molecule has 5 heteroatoms. The highest BCUT2D eigenvalue weighted by atomic mass is 16.5. The average Bonchev–Trinajstić information content (AvgIpc) is 2.31. The molecule has 17 heavy (non-hydrogen) atoms. The monoisotopic (exact) mass is 237 g/mol. The van der Waals surface area contributed by atoms with Crippen molar-refractivity contribution in [3.63, 3.8) is 0 Å². The number of carbonyl (C=O) groups excluding carboxylic acids is 1. The number of aromatic nitrogens is 1. The molecule has 1 aromatic rings. The molecule has 1 amide bonds. The highest BCUT2D eigenvalue weighted by molar-refractivity contribution is 5.96. The molecule has 1 unspecified atom stereocenters. The van der Waals surface area contributed by atoms with Gasteiger partial charge >= 0.3 is 0 Å². The summed E-state index contributed by atoms with van der Waals surface area (Å²) >= 11 is 0. The van der Waals surface area contributed by atoms with Crippen molar-refractivity contribution in [3.8, 4) is 0 Å². The molecular weight excluding hydrogens is 218 g/mol. The zero-order valence-electron chi connectivity index (χ0n) is 10.5. The SMILES string of the molecule is CCC(COC)NC(=O)c1cc(N)cnc1C. The van der Waals surface area contributed by atoms with Gasteiger partial charge in [0.25, 0.3) is 5.91 Å². The average molecular weight is 237 g/mol. The summed E-state index contributed by atoms with van der Waals surface area (Å²) in [5, 5.41) is 2.89. The Bertz CT molecular complexity index is 393. The first kappa shape index (κ1) is 13.4. The third-order valence-electron chi connectivity index (χ3n) is 2.55. The van der Waals surface area contributed by atoms with Crippen molar-refractivity contribution in [2.75, 3.05) is 19.5 Å². The standard InChI is InChI=1S/C12H19N3O2/c1-4-10(7-17-3)15-12(16)11-5-9(13)6-14-8(11)2/h5-6,10H,4,7,13H2,1-3H3,(H,15,16). The van der Waals surface area contributed by atoms with Crippen molar-refractivity contribution in [3.05, 3.63) is 23.5 Å². The van der Waals surface area contributed by atoms with Crippen LogP contribution in [0.2, 0.25) is 0 Å². The number of nitrogens with zero attached hydrogens (tertiary/aromatic N) is 1. The maximum absolute atomic E-state index is 12.0. The minimum Gasteiger partial charge on any atom is -0.397 e. The largest absolute Gasteiger partial charge is 0.397 e. The molecule has 0 bridgehead atoms. The van der Waals surface area contributed by atoms with Gasteiger partial charge in [-0.3, -0.25) is 9.78 Å². The van der Waals surface area contributed by atoms with Gasteiger partial charge in [-0.15, -0.1) is 0 Å². The number of hydrogen-bond acceptors (Lipinski definition) is 4. The fraction of sp³-hybridized carbons (Fsp3) is 0.500. The summed E-state index contributed by atoms with van der Waals surface area (Å²) in [5.74, 6) is -0.161. The van der Waals surface area contributed by atoms with Crippen LogP contribution in [0.4, 0.5) is 5.69 Å². The number of hydrogen-bond donors (Lipinski definition) is 2. The van der Waals surface area contributed by atoms with Crippen molar-refractivity contribution in [1.29, 1.82) is 0 Å². The molecule has 1 rings (SSSR count). The third-order valence-corrected chi connectivity index (χ3v) is 2.55. The molecule has 1 heterocycles. The van der Waals surface area contributed by atoms with Crippen LogP contribution in [0.3, 0.4) is 0 Å². The predicted molar refractivity (Wildman–Crippen MR) is 66.8 cm³/mol. The maximum Gasteiger partial charge on any atom is 0.253 e. The minimum absolute atomic E-state index is 0.00771. The molecule has 0 fully saturated rings. The van der Waals surface area contributed by atoms with Crippen molar-refractivity contribution in [2.24, 2.45) is 0 Å². The van der Waals surface area contributed by atoms with Crippen LogP contribution < -0.4 is 11.1 Å². The van der Waals surface area contributed by atoms with Gasteiger partial charge in [0.2, 0.25) is 0 Å². The van der Waals surface area contributed by atoms with E-state index in [2.05, 4.69) is 10.3 Å². The highest BCUT2D eigenvalue weighted by Crippen LogP contribution is 2.09. The fourth-order valence-corrected chi connectivity index (χ4v) is 1.51. The minimum atomic E-state index is -0.161. The Hall–Kier alpha value is -1.62. The van der Waals surface area contributed by atoms with Gasteiger partial charge in [-0.25, -0.2) is 0 Å². The number of nitrogen functional groups attached to an aromatic ring is 1. The van der Waals surface area contributed by atoms with E-state index in [1.54, 1.807) is 26.3 Å². The number of anilines is 1. The smallest absolute Gasteiger partial charge is 0.253 e. The van der Waals surface area contributed by atoms with Gasteiger partial charge in [0.1, 0.15) is 0 Å². The second-order valence-corrected chi connectivity index (χ2v) is 3.94. The topological polar surface area (TPSA) is 77.2 Å². The molecule has 0 aliphatic carbocycles. The molecule has 1 atom stereocenters. The van der Waals surface area contributed by atoms with Gasteiger partial charge in [-0.1, -0.05) is 6.92 Å². The number of aryl methyl sites for hydroxylation is 1. The van der Waals surface area contributed by atoms with Gasteiger partial charge in [0.05, 0.1) is 35.8 Å². The summed E-state index contributed by atoms with van der Waals surface area (Å²) in [6, 6.07) is 1.64. The summed E-state index contributed by atoms with van der Waals surface area (Å²) in [6.07, 6.45) is 2.35. The number of rotatable bonds is 5. The lowest BCUT2D eigenvalue weighted by atomic mass is 10.1. The number of nitrogens with one attached hydrogen (secondary N) is 1. The van der Waals surface area contributed by atoms with E-state index in [0.29, 0.717) is 23.6 Å². The molecule has 0 aliphatic heterocycles. The lowest BCUT2D eigenvalue weighted by Gasteiger charge is -2.16. The van der Waals surface area contributed by atoms with Gasteiger partial charge in [0.15, 0.2) is 0 Å². The van der Waals surface area contributed by atoms with Gasteiger partial charge in [0, 0.05) is 7.11 Å². The van der Waals surface area contributed by atoms with Crippen LogP contribution in [0.1, 0.15) is 29.4 Å². The van der Waals surface area contributed by atoms with Crippen LogP contribution in [-0.2, 0) is 4.74 Å². The highest BCUT2D eigenvalue weighted by Gasteiger charge is 2.14. The van der Waals surface area contributed by atoms with E-state index in [-0.39, 0.29) is 11.9 Å². The van der Waals surface area contributed by atoms with E-state index in [9.17, 15) is 4.79 Å². The quantitative estimate of drug-likeness (QED) is 0.804. The normalized spacial score (nSPS) is 12.2. The van der Waals surface area contributed by atoms with E-state index in [0.717, 1.165) is 6.42 Å². The zero-order chi connectivity index (χ0) is 12.8. The number of carbonyl (C=O) groups is 1. The van der Waals surface area contributed by atoms with Crippen LogP contribution in [0.15, 0.2) is 12.3 Å². The van der Waals surface area contributed by atoms with E-state index < -0.39 is 0 Å². The summed E-state index contributed by atoms with van der Waals surface area (Å²) in [6.45, 7) is 4.27. The molecule has 1 aromatic heterocycles. The van der Waals surface area contributed by atoms with Crippen molar-refractivity contribution < 1.29 is 9.53 Å². The van der Waals surface area contributed by atoms with Crippen molar-refractivity contribution in [1.82, 2.24) is 10.3 Å². The van der Waals surface area contributed by atoms with Gasteiger partial charge in [-0.05, 0) is 19.4 Å². The number of pyridine rings is 1. The maximum atomic E-state index is 12.0. The number of ether oxygens (including phenoxy) is 1. The Labute approximate surface area is 101 Å². The summed E-state index contributed by atoms with van der Waals surface area (Å²) in [7, 11) is 1.61. The second kappa shape index (κ2) is 6.20. The number of amides is 1. The molecule has 0 radical (unpaired) electrons.